The zero-order valence-electron chi connectivity index (χ0n) is 15.0. The summed E-state index contributed by atoms with van der Waals surface area (Å²) in [5, 5.41) is 0. The lowest BCUT2D eigenvalue weighted by Crippen LogP contribution is -2.07. The fraction of sp³-hybridized carbons (Fsp3) is 0.200. The van der Waals surface area contributed by atoms with Gasteiger partial charge in [0.25, 0.3) is 0 Å². The number of carbonyl (C=O) groups excluding carboxylic acids is 1. The zero-order valence-corrected chi connectivity index (χ0v) is 15.8. The molecule has 0 saturated heterocycles. The highest BCUT2D eigenvalue weighted by Crippen LogP contribution is 2.33. The van der Waals surface area contributed by atoms with E-state index in [0.717, 1.165) is 11.8 Å². The molecule has 1 aromatic heterocycles. The van der Waals surface area contributed by atoms with Crippen molar-refractivity contribution in [3.8, 4) is 22.6 Å². The van der Waals surface area contributed by atoms with Gasteiger partial charge in [-0.2, -0.15) is 0 Å². The van der Waals surface area contributed by atoms with Gasteiger partial charge in [-0.3, -0.25) is 4.79 Å². The van der Waals surface area contributed by atoms with Gasteiger partial charge in [-0.1, -0.05) is 42.5 Å². The van der Waals surface area contributed by atoms with Crippen LogP contribution >= 0.6 is 0 Å². The first kappa shape index (κ1) is 18.8. The van der Waals surface area contributed by atoms with E-state index in [4.69, 9.17) is 9.15 Å². The Balaban J connectivity index is 2.04. The standard InChI is InChI=1S/C20H19NO5S/c1-3-25-18(22)13-17-21-19(20(26-17)15-7-5-4-6-8-15)14-9-11-16(12-10-14)27(2,23)24/h4-12H,3,13H2,1-2H3. The van der Waals surface area contributed by atoms with Crippen LogP contribution in [0.4, 0.5) is 0 Å². The Morgan fingerprint density at radius 3 is 2.30 bits per heavy atom. The topological polar surface area (TPSA) is 86.5 Å². The summed E-state index contributed by atoms with van der Waals surface area (Å²) in [6, 6.07) is 15.8. The van der Waals surface area contributed by atoms with Crippen LogP contribution in [-0.4, -0.2) is 32.2 Å². The minimum atomic E-state index is -3.29. The van der Waals surface area contributed by atoms with Crippen molar-refractivity contribution in [2.45, 2.75) is 18.2 Å². The number of oxazole rings is 1. The number of carbonyl (C=O) groups is 1. The van der Waals surface area contributed by atoms with Crippen molar-refractivity contribution >= 4 is 15.8 Å². The summed E-state index contributed by atoms with van der Waals surface area (Å²) in [7, 11) is -3.29. The SMILES string of the molecule is CCOC(=O)Cc1nc(-c2ccc(S(C)(=O)=O)cc2)c(-c2ccccc2)o1. The average Bonchev–Trinajstić information content (AvgIpc) is 3.06. The summed E-state index contributed by atoms with van der Waals surface area (Å²) in [6.45, 7) is 2.02. The fourth-order valence-electron chi connectivity index (χ4n) is 2.62. The number of aromatic nitrogens is 1. The number of nitrogens with zero attached hydrogens (tertiary/aromatic N) is 1. The molecular weight excluding hydrogens is 366 g/mol. The molecular formula is C20H19NO5S. The summed E-state index contributed by atoms with van der Waals surface area (Å²) in [5.41, 5.74) is 2.04. The lowest BCUT2D eigenvalue weighted by Gasteiger charge is -2.03. The van der Waals surface area contributed by atoms with Crippen LogP contribution in [0.2, 0.25) is 0 Å². The van der Waals surface area contributed by atoms with E-state index in [-0.39, 0.29) is 23.8 Å². The average molecular weight is 385 g/mol. The first-order chi connectivity index (χ1) is 12.9. The molecule has 0 amide bonds. The van der Waals surface area contributed by atoms with Gasteiger partial charge >= 0.3 is 5.97 Å². The van der Waals surface area contributed by atoms with Crippen molar-refractivity contribution in [1.82, 2.24) is 4.98 Å². The summed E-state index contributed by atoms with van der Waals surface area (Å²) in [6.07, 6.45) is 1.08. The largest absolute Gasteiger partial charge is 0.466 e. The van der Waals surface area contributed by atoms with Gasteiger partial charge < -0.3 is 9.15 Å². The maximum absolute atomic E-state index is 11.8. The molecule has 0 radical (unpaired) electrons. The van der Waals surface area contributed by atoms with Crippen molar-refractivity contribution in [1.29, 1.82) is 0 Å². The number of benzene rings is 2. The van der Waals surface area contributed by atoms with Gasteiger partial charge in [-0.25, -0.2) is 13.4 Å². The molecule has 3 aromatic rings. The van der Waals surface area contributed by atoms with Crippen molar-refractivity contribution < 1.29 is 22.4 Å². The third kappa shape index (κ3) is 4.43. The third-order valence-corrected chi connectivity index (χ3v) is 4.99. The number of ether oxygens (including phenoxy) is 1. The van der Waals surface area contributed by atoms with E-state index >= 15 is 0 Å². The van der Waals surface area contributed by atoms with E-state index in [1.165, 1.54) is 12.1 Å². The minimum Gasteiger partial charge on any atom is -0.466 e. The molecule has 0 aliphatic rings. The molecule has 0 atom stereocenters. The normalized spacial score (nSPS) is 11.3. The molecule has 0 N–H and O–H groups in total. The molecule has 140 valence electrons. The van der Waals surface area contributed by atoms with Gasteiger partial charge in [-0.15, -0.1) is 0 Å². The number of hydrogen-bond donors (Lipinski definition) is 0. The minimum absolute atomic E-state index is 0.0743. The molecule has 2 aromatic carbocycles. The first-order valence-corrected chi connectivity index (χ1v) is 10.3. The summed E-state index contributed by atoms with van der Waals surface area (Å²) in [5.74, 6) is 0.342. The molecule has 0 aliphatic carbocycles. The molecule has 6 nitrogen and oxygen atoms in total. The van der Waals surface area contributed by atoms with Gasteiger partial charge in [0.15, 0.2) is 15.6 Å². The van der Waals surface area contributed by atoms with Crippen LogP contribution in [0, 0.1) is 0 Å². The second-order valence-electron chi connectivity index (χ2n) is 5.93. The molecule has 27 heavy (non-hydrogen) atoms. The van der Waals surface area contributed by atoms with Gasteiger partial charge in [0.2, 0.25) is 5.89 Å². The van der Waals surface area contributed by atoms with Gasteiger partial charge in [0.05, 0.1) is 11.5 Å². The maximum Gasteiger partial charge on any atom is 0.315 e. The quantitative estimate of drug-likeness (QED) is 0.604. The van der Waals surface area contributed by atoms with Gasteiger partial charge in [-0.05, 0) is 19.1 Å². The second kappa shape index (κ2) is 7.75. The van der Waals surface area contributed by atoms with E-state index in [0.29, 0.717) is 17.0 Å². The Kier molecular flexibility index (Phi) is 5.41. The van der Waals surface area contributed by atoms with Gasteiger partial charge in [0.1, 0.15) is 12.1 Å². The van der Waals surface area contributed by atoms with E-state index in [2.05, 4.69) is 4.98 Å². The fourth-order valence-corrected chi connectivity index (χ4v) is 3.25. The van der Waals surface area contributed by atoms with Crippen molar-refractivity contribution in [3.05, 3.63) is 60.5 Å². The van der Waals surface area contributed by atoms with Crippen molar-refractivity contribution in [2.75, 3.05) is 12.9 Å². The Hall–Kier alpha value is -2.93. The highest BCUT2D eigenvalue weighted by atomic mass is 32.2. The lowest BCUT2D eigenvalue weighted by atomic mass is 10.1. The summed E-state index contributed by atoms with van der Waals surface area (Å²) in [4.78, 5) is 16.5. The van der Waals surface area contributed by atoms with Crippen LogP contribution in [0.5, 0.6) is 0 Å². The molecule has 7 heteroatoms. The zero-order chi connectivity index (χ0) is 19.4. The number of hydrogen-bond acceptors (Lipinski definition) is 6. The number of sulfone groups is 1. The molecule has 1 heterocycles. The van der Waals surface area contributed by atoms with Crippen molar-refractivity contribution in [3.63, 3.8) is 0 Å². The third-order valence-electron chi connectivity index (χ3n) is 3.86. The van der Waals surface area contributed by atoms with Crippen LogP contribution in [0.15, 0.2) is 63.9 Å². The highest BCUT2D eigenvalue weighted by molar-refractivity contribution is 7.90. The lowest BCUT2D eigenvalue weighted by molar-refractivity contribution is -0.142. The molecule has 0 aliphatic heterocycles. The van der Waals surface area contributed by atoms with E-state index in [1.807, 2.05) is 30.3 Å². The Labute approximate surface area is 157 Å². The van der Waals surface area contributed by atoms with Gasteiger partial charge in [0, 0.05) is 17.4 Å². The second-order valence-corrected chi connectivity index (χ2v) is 7.95. The van der Waals surface area contributed by atoms with E-state index in [1.54, 1.807) is 19.1 Å². The molecule has 0 fully saturated rings. The van der Waals surface area contributed by atoms with Crippen LogP contribution in [-0.2, 0) is 25.8 Å². The first-order valence-electron chi connectivity index (χ1n) is 8.39. The number of esters is 1. The monoisotopic (exact) mass is 385 g/mol. The molecule has 3 rings (SSSR count). The Morgan fingerprint density at radius 2 is 1.70 bits per heavy atom. The predicted molar refractivity (Wildman–Crippen MR) is 101 cm³/mol. The smallest absolute Gasteiger partial charge is 0.315 e. The van der Waals surface area contributed by atoms with Crippen LogP contribution in [0.3, 0.4) is 0 Å². The maximum atomic E-state index is 11.8. The van der Waals surface area contributed by atoms with E-state index in [9.17, 15) is 13.2 Å². The predicted octanol–water partition coefficient (Wildman–Crippen LogP) is 3.52. The van der Waals surface area contributed by atoms with Crippen LogP contribution in [0.1, 0.15) is 12.8 Å². The molecule has 0 unspecified atom stereocenters. The summed E-state index contributed by atoms with van der Waals surface area (Å²) >= 11 is 0. The van der Waals surface area contributed by atoms with E-state index < -0.39 is 15.8 Å². The van der Waals surface area contributed by atoms with Crippen LogP contribution in [0.25, 0.3) is 22.6 Å². The Morgan fingerprint density at radius 1 is 1.04 bits per heavy atom. The van der Waals surface area contributed by atoms with Crippen molar-refractivity contribution in [2.24, 2.45) is 0 Å². The Bertz CT molecular complexity index is 1040. The molecule has 0 bridgehead atoms. The summed E-state index contributed by atoms with van der Waals surface area (Å²) < 4.78 is 34.1. The molecule has 0 spiro atoms. The van der Waals surface area contributed by atoms with Crippen LogP contribution < -0.4 is 0 Å². The highest BCUT2D eigenvalue weighted by Gasteiger charge is 2.19. The molecule has 0 saturated carbocycles. The number of rotatable bonds is 6.